The van der Waals surface area contributed by atoms with E-state index in [1.807, 2.05) is 47.8 Å². The molecule has 1 amide bonds. The molecule has 2 aromatic carbocycles. The Kier molecular flexibility index (Phi) is 7.28. The van der Waals surface area contributed by atoms with Gasteiger partial charge in [-0.15, -0.1) is 11.3 Å². The van der Waals surface area contributed by atoms with Gasteiger partial charge in [-0.1, -0.05) is 58.4 Å². The molecule has 0 saturated carbocycles. The van der Waals surface area contributed by atoms with E-state index in [1.165, 1.54) is 0 Å². The van der Waals surface area contributed by atoms with E-state index in [4.69, 9.17) is 4.74 Å². The fourth-order valence-electron chi connectivity index (χ4n) is 3.51. The van der Waals surface area contributed by atoms with Crippen LogP contribution < -0.4 is 5.32 Å². The summed E-state index contributed by atoms with van der Waals surface area (Å²) in [4.78, 5) is 19.9. The largest absolute Gasteiger partial charge is 0.379 e. The molecule has 2 heterocycles. The zero-order chi connectivity index (χ0) is 20.8. The van der Waals surface area contributed by atoms with Gasteiger partial charge in [0.25, 0.3) is 0 Å². The average Bonchev–Trinajstić information content (AvgIpc) is 3.23. The highest BCUT2D eigenvalue weighted by atomic mass is 79.9. The summed E-state index contributed by atoms with van der Waals surface area (Å²) in [6.07, 6.45) is 0.275. The molecular formula is C23H24BrN3O2S. The lowest BCUT2D eigenvalue weighted by molar-refractivity contribution is -0.121. The molecule has 5 nitrogen and oxygen atoms in total. The third-order valence-electron chi connectivity index (χ3n) is 5.05. The number of ether oxygens (including phenoxy) is 1. The molecule has 156 valence electrons. The van der Waals surface area contributed by atoms with Crippen LogP contribution in [-0.2, 0) is 16.0 Å². The molecule has 1 unspecified atom stereocenters. The molecule has 7 heteroatoms. The van der Waals surface area contributed by atoms with E-state index >= 15 is 0 Å². The van der Waals surface area contributed by atoms with Gasteiger partial charge in [-0.3, -0.25) is 9.69 Å². The Bertz CT molecular complexity index is 973. The van der Waals surface area contributed by atoms with Crippen molar-refractivity contribution in [3.05, 3.63) is 75.7 Å². The number of nitrogens with one attached hydrogen (secondary N) is 1. The number of aromatic nitrogens is 1. The van der Waals surface area contributed by atoms with Gasteiger partial charge in [0.15, 0.2) is 0 Å². The molecule has 1 aromatic heterocycles. The number of thiazole rings is 1. The Labute approximate surface area is 189 Å². The molecule has 1 fully saturated rings. The second kappa shape index (κ2) is 10.3. The van der Waals surface area contributed by atoms with Gasteiger partial charge in [0, 0.05) is 35.1 Å². The molecule has 1 aliphatic rings. The number of morpholine rings is 1. The maximum atomic E-state index is 12.8. The van der Waals surface area contributed by atoms with Gasteiger partial charge in [0.1, 0.15) is 5.01 Å². The maximum Gasteiger partial charge on any atom is 0.226 e. The van der Waals surface area contributed by atoms with E-state index in [0.29, 0.717) is 0 Å². The molecule has 1 atom stereocenters. The van der Waals surface area contributed by atoms with Gasteiger partial charge in [-0.25, -0.2) is 4.98 Å². The minimum absolute atomic E-state index is 0.0109. The lowest BCUT2D eigenvalue weighted by Crippen LogP contribution is -2.43. The molecular weight excluding hydrogens is 462 g/mol. The zero-order valence-electron chi connectivity index (χ0n) is 16.6. The molecule has 0 bridgehead atoms. The summed E-state index contributed by atoms with van der Waals surface area (Å²) in [5, 5.41) is 6.11. The second-order valence-corrected chi connectivity index (χ2v) is 9.05. The summed E-state index contributed by atoms with van der Waals surface area (Å²) in [5.74, 6) is -0.0109. The monoisotopic (exact) mass is 485 g/mol. The highest BCUT2D eigenvalue weighted by Crippen LogP contribution is 2.26. The van der Waals surface area contributed by atoms with Crippen LogP contribution in [0.1, 0.15) is 17.3 Å². The molecule has 30 heavy (non-hydrogen) atoms. The fraction of sp³-hybridized carbons (Fsp3) is 0.304. The molecule has 0 radical (unpaired) electrons. The van der Waals surface area contributed by atoms with Gasteiger partial charge < -0.3 is 10.1 Å². The Hall–Kier alpha value is -2.06. The molecule has 1 aliphatic heterocycles. The van der Waals surface area contributed by atoms with Crippen molar-refractivity contribution in [1.29, 1.82) is 0 Å². The van der Waals surface area contributed by atoms with Crippen molar-refractivity contribution in [2.75, 3.05) is 32.8 Å². The van der Waals surface area contributed by atoms with Crippen LogP contribution in [0.15, 0.2) is 64.5 Å². The van der Waals surface area contributed by atoms with Crippen LogP contribution >= 0.6 is 27.3 Å². The number of hydrogen-bond acceptors (Lipinski definition) is 5. The van der Waals surface area contributed by atoms with Crippen molar-refractivity contribution in [2.45, 2.75) is 12.5 Å². The average molecular weight is 486 g/mol. The quantitative estimate of drug-likeness (QED) is 0.541. The highest BCUT2D eigenvalue weighted by Gasteiger charge is 2.20. The Morgan fingerprint density at radius 1 is 1.17 bits per heavy atom. The van der Waals surface area contributed by atoms with Crippen molar-refractivity contribution in [3.63, 3.8) is 0 Å². The molecule has 0 spiro atoms. The van der Waals surface area contributed by atoms with Crippen LogP contribution in [0.4, 0.5) is 0 Å². The zero-order valence-corrected chi connectivity index (χ0v) is 19.0. The minimum atomic E-state index is -0.0556. The third-order valence-corrected chi connectivity index (χ3v) is 6.48. The number of benzene rings is 2. The van der Waals surface area contributed by atoms with Crippen LogP contribution in [-0.4, -0.2) is 48.6 Å². The first-order valence-corrected chi connectivity index (χ1v) is 11.7. The Balaban J connectivity index is 1.42. The summed E-state index contributed by atoms with van der Waals surface area (Å²) in [7, 11) is 0. The maximum absolute atomic E-state index is 12.8. The first-order valence-electron chi connectivity index (χ1n) is 10.0. The van der Waals surface area contributed by atoms with Gasteiger partial charge in [0.2, 0.25) is 5.91 Å². The number of rotatable bonds is 7. The summed E-state index contributed by atoms with van der Waals surface area (Å²) in [6.45, 7) is 4.04. The lowest BCUT2D eigenvalue weighted by atomic mass is 10.1. The predicted octanol–water partition coefficient (Wildman–Crippen LogP) is 4.30. The molecule has 4 rings (SSSR count). The molecule has 3 aromatic rings. The highest BCUT2D eigenvalue weighted by molar-refractivity contribution is 9.10. The van der Waals surface area contributed by atoms with Crippen LogP contribution in [0.3, 0.4) is 0 Å². The minimum Gasteiger partial charge on any atom is -0.379 e. The van der Waals surface area contributed by atoms with Crippen molar-refractivity contribution in [1.82, 2.24) is 15.2 Å². The lowest BCUT2D eigenvalue weighted by Gasteiger charge is -2.31. The normalized spacial score (nSPS) is 15.6. The number of amides is 1. The van der Waals surface area contributed by atoms with Crippen LogP contribution in [0.5, 0.6) is 0 Å². The fourth-order valence-corrected chi connectivity index (χ4v) is 4.73. The van der Waals surface area contributed by atoms with E-state index in [9.17, 15) is 4.79 Å². The van der Waals surface area contributed by atoms with Crippen molar-refractivity contribution in [3.8, 4) is 10.6 Å². The summed E-state index contributed by atoms with van der Waals surface area (Å²) < 4.78 is 6.47. The summed E-state index contributed by atoms with van der Waals surface area (Å²) in [6, 6.07) is 18.1. The molecule has 0 aliphatic carbocycles. The predicted molar refractivity (Wildman–Crippen MR) is 124 cm³/mol. The van der Waals surface area contributed by atoms with E-state index in [-0.39, 0.29) is 18.4 Å². The van der Waals surface area contributed by atoms with Gasteiger partial charge in [0.05, 0.1) is 31.4 Å². The first kappa shape index (κ1) is 21.2. The topological polar surface area (TPSA) is 54.5 Å². The van der Waals surface area contributed by atoms with Gasteiger partial charge in [-0.05, 0) is 17.7 Å². The number of carbonyl (C=O) groups is 1. The molecule has 1 N–H and O–H groups in total. The van der Waals surface area contributed by atoms with Crippen molar-refractivity contribution in [2.24, 2.45) is 0 Å². The first-order chi connectivity index (χ1) is 14.7. The summed E-state index contributed by atoms with van der Waals surface area (Å²) >= 11 is 5.06. The standard InChI is InChI=1S/C23H24BrN3O2S/c24-19-8-4-7-18(13-19)23-25-20(16-30-23)14-22(28)26-21(17-5-2-1-3-6-17)15-27-9-11-29-12-10-27/h1-8,13,16,21H,9-12,14-15H2,(H,26,28). The van der Waals surface area contributed by atoms with E-state index in [1.54, 1.807) is 11.3 Å². The van der Waals surface area contributed by atoms with E-state index in [0.717, 1.165) is 59.1 Å². The number of halogens is 1. The van der Waals surface area contributed by atoms with E-state index < -0.39 is 0 Å². The van der Waals surface area contributed by atoms with Crippen LogP contribution in [0.2, 0.25) is 0 Å². The number of nitrogens with zero attached hydrogens (tertiary/aromatic N) is 2. The third kappa shape index (κ3) is 5.76. The van der Waals surface area contributed by atoms with Crippen molar-refractivity contribution < 1.29 is 9.53 Å². The van der Waals surface area contributed by atoms with E-state index in [2.05, 4.69) is 43.3 Å². The Morgan fingerprint density at radius 3 is 2.73 bits per heavy atom. The Morgan fingerprint density at radius 2 is 1.97 bits per heavy atom. The van der Waals surface area contributed by atoms with Crippen molar-refractivity contribution >= 4 is 33.2 Å². The number of hydrogen-bond donors (Lipinski definition) is 1. The van der Waals surface area contributed by atoms with Crippen LogP contribution in [0, 0.1) is 0 Å². The molecule has 1 saturated heterocycles. The summed E-state index contributed by atoms with van der Waals surface area (Å²) in [5.41, 5.74) is 2.96. The SMILES string of the molecule is O=C(Cc1csc(-c2cccc(Br)c2)n1)NC(CN1CCOCC1)c1ccccc1. The van der Waals surface area contributed by atoms with Gasteiger partial charge >= 0.3 is 0 Å². The van der Waals surface area contributed by atoms with Gasteiger partial charge in [-0.2, -0.15) is 0 Å². The van der Waals surface area contributed by atoms with Crippen LogP contribution in [0.25, 0.3) is 10.6 Å². The smallest absolute Gasteiger partial charge is 0.226 e. The second-order valence-electron chi connectivity index (χ2n) is 7.27. The number of carbonyl (C=O) groups excluding carboxylic acids is 1.